The highest BCUT2D eigenvalue weighted by Crippen LogP contribution is 2.49. The first-order chi connectivity index (χ1) is 11.0. The van der Waals surface area contributed by atoms with Crippen LogP contribution in [0.25, 0.3) is 0 Å². The van der Waals surface area contributed by atoms with Crippen molar-refractivity contribution in [2.24, 2.45) is 5.92 Å². The lowest BCUT2D eigenvalue weighted by Gasteiger charge is -2.34. The Morgan fingerprint density at radius 2 is 1.96 bits per heavy atom. The number of nitrogens with one attached hydrogen (secondary N) is 1. The minimum absolute atomic E-state index is 0.00823. The maximum absolute atomic E-state index is 14.0. The predicted octanol–water partition coefficient (Wildman–Crippen LogP) is 3.09. The predicted molar refractivity (Wildman–Crippen MR) is 89.8 cm³/mol. The Morgan fingerprint density at radius 1 is 1.30 bits per heavy atom. The van der Waals surface area contributed by atoms with Crippen molar-refractivity contribution < 1.29 is 9.18 Å². The van der Waals surface area contributed by atoms with Crippen molar-refractivity contribution in [2.75, 3.05) is 19.6 Å². The second-order valence-corrected chi connectivity index (χ2v) is 7.35. The molecular weight excluding hydrogens is 291 g/mol. The molecule has 4 heteroatoms. The van der Waals surface area contributed by atoms with Crippen molar-refractivity contribution in [3.63, 3.8) is 0 Å². The summed E-state index contributed by atoms with van der Waals surface area (Å²) in [5, 5.41) is 3.10. The normalized spacial score (nSPS) is 21.4. The Balaban J connectivity index is 1.54. The molecule has 1 aromatic carbocycles. The monoisotopic (exact) mass is 318 g/mol. The minimum atomic E-state index is -0.607. The minimum Gasteiger partial charge on any atom is -0.355 e. The lowest BCUT2D eigenvalue weighted by molar-refractivity contribution is -0.123. The third-order valence-corrected chi connectivity index (χ3v) is 5.50. The third kappa shape index (κ3) is 3.42. The van der Waals surface area contributed by atoms with Crippen molar-refractivity contribution in [3.8, 4) is 0 Å². The molecule has 1 N–H and O–H groups in total. The highest BCUT2D eigenvalue weighted by molar-refractivity contribution is 5.91. The SMILES string of the molecule is CC(C)N1CCC(CNC(=O)C2(c3ccccc3F)CC2)CC1. The molecule has 1 saturated carbocycles. The summed E-state index contributed by atoms with van der Waals surface area (Å²) in [5.74, 6) is 0.296. The molecule has 3 nitrogen and oxygen atoms in total. The Hall–Kier alpha value is -1.42. The van der Waals surface area contributed by atoms with Crippen LogP contribution < -0.4 is 5.32 Å². The van der Waals surface area contributed by atoms with Crippen molar-refractivity contribution in [1.82, 2.24) is 10.2 Å². The molecule has 2 fully saturated rings. The quantitative estimate of drug-likeness (QED) is 0.905. The first-order valence-corrected chi connectivity index (χ1v) is 8.80. The summed E-state index contributed by atoms with van der Waals surface area (Å²) < 4.78 is 14.0. The van der Waals surface area contributed by atoms with Gasteiger partial charge >= 0.3 is 0 Å². The number of likely N-dealkylation sites (tertiary alicyclic amines) is 1. The summed E-state index contributed by atoms with van der Waals surface area (Å²) in [6.45, 7) is 7.40. The van der Waals surface area contributed by atoms with Crippen LogP contribution in [0, 0.1) is 11.7 Å². The van der Waals surface area contributed by atoms with E-state index in [2.05, 4.69) is 24.1 Å². The fourth-order valence-electron chi connectivity index (χ4n) is 3.67. The van der Waals surface area contributed by atoms with Gasteiger partial charge in [-0.1, -0.05) is 18.2 Å². The van der Waals surface area contributed by atoms with E-state index < -0.39 is 5.41 Å². The molecule has 0 atom stereocenters. The summed E-state index contributed by atoms with van der Waals surface area (Å²) >= 11 is 0. The van der Waals surface area contributed by atoms with Crippen molar-refractivity contribution in [2.45, 2.75) is 51.0 Å². The number of hydrogen-bond acceptors (Lipinski definition) is 2. The van der Waals surface area contributed by atoms with E-state index in [1.807, 2.05) is 6.07 Å². The topological polar surface area (TPSA) is 32.3 Å². The molecule has 1 amide bonds. The molecule has 0 spiro atoms. The van der Waals surface area contributed by atoms with Gasteiger partial charge in [0.05, 0.1) is 5.41 Å². The Kier molecular flexibility index (Phi) is 4.72. The number of hydrogen-bond donors (Lipinski definition) is 1. The smallest absolute Gasteiger partial charge is 0.230 e. The molecule has 1 aliphatic carbocycles. The van der Waals surface area contributed by atoms with Gasteiger partial charge in [0.25, 0.3) is 0 Å². The summed E-state index contributed by atoms with van der Waals surface area (Å²) in [7, 11) is 0. The fraction of sp³-hybridized carbons (Fsp3) is 0.632. The number of nitrogens with zero attached hydrogens (tertiary/aromatic N) is 1. The van der Waals surface area contributed by atoms with E-state index >= 15 is 0 Å². The van der Waals surface area contributed by atoms with Gasteiger partial charge in [-0.25, -0.2) is 4.39 Å². The van der Waals surface area contributed by atoms with Crippen molar-refractivity contribution in [1.29, 1.82) is 0 Å². The molecule has 1 saturated heterocycles. The zero-order valence-corrected chi connectivity index (χ0v) is 14.1. The summed E-state index contributed by atoms with van der Waals surface area (Å²) in [6, 6.07) is 7.29. The summed E-state index contributed by atoms with van der Waals surface area (Å²) in [5.41, 5.74) is -0.0450. The standard InChI is InChI=1S/C19H27FN2O/c1-14(2)22-11-7-15(8-12-22)13-21-18(23)19(9-10-19)16-5-3-4-6-17(16)20/h3-6,14-15H,7-13H2,1-2H3,(H,21,23). The van der Waals surface area contributed by atoms with Crippen LogP contribution in [0.15, 0.2) is 24.3 Å². The number of benzene rings is 1. The number of piperidine rings is 1. The second kappa shape index (κ2) is 6.60. The zero-order chi connectivity index (χ0) is 16.4. The van der Waals surface area contributed by atoms with Crippen LogP contribution in [0.3, 0.4) is 0 Å². The van der Waals surface area contributed by atoms with Crippen LogP contribution >= 0.6 is 0 Å². The van der Waals surface area contributed by atoms with Crippen molar-refractivity contribution in [3.05, 3.63) is 35.6 Å². The molecule has 3 rings (SSSR count). The van der Waals surface area contributed by atoms with Crippen LogP contribution in [-0.2, 0) is 10.2 Å². The van der Waals surface area contributed by atoms with E-state index in [0.29, 0.717) is 17.5 Å². The van der Waals surface area contributed by atoms with Gasteiger partial charge in [-0.2, -0.15) is 0 Å². The van der Waals surface area contributed by atoms with Crippen molar-refractivity contribution >= 4 is 5.91 Å². The van der Waals surface area contributed by atoms with Crippen LogP contribution in [-0.4, -0.2) is 36.5 Å². The largest absolute Gasteiger partial charge is 0.355 e. The molecule has 1 aliphatic heterocycles. The van der Waals surface area contributed by atoms with Gasteiger partial charge in [0.1, 0.15) is 5.82 Å². The molecule has 0 aromatic heterocycles. The molecule has 0 radical (unpaired) electrons. The third-order valence-electron chi connectivity index (χ3n) is 5.50. The lowest BCUT2D eigenvalue weighted by Crippen LogP contribution is -2.43. The van der Waals surface area contributed by atoms with Gasteiger partial charge in [-0.3, -0.25) is 4.79 Å². The Labute approximate surface area is 138 Å². The number of rotatable bonds is 5. The average Bonchev–Trinajstić information content (AvgIpc) is 3.35. The molecule has 126 valence electrons. The van der Waals surface area contributed by atoms with E-state index in [0.717, 1.165) is 45.3 Å². The maximum atomic E-state index is 14.0. The molecule has 1 heterocycles. The molecule has 2 aliphatic rings. The van der Waals surface area contributed by atoms with Gasteiger partial charge < -0.3 is 10.2 Å². The van der Waals surface area contributed by atoms with E-state index in [9.17, 15) is 9.18 Å². The summed E-state index contributed by atoms with van der Waals surface area (Å²) in [4.78, 5) is 15.1. The zero-order valence-electron chi connectivity index (χ0n) is 14.1. The molecule has 0 unspecified atom stereocenters. The average molecular weight is 318 g/mol. The molecule has 0 bridgehead atoms. The van der Waals surface area contributed by atoms with Gasteiger partial charge in [-0.15, -0.1) is 0 Å². The highest BCUT2D eigenvalue weighted by atomic mass is 19.1. The first kappa shape index (κ1) is 16.4. The van der Waals surface area contributed by atoms with E-state index in [1.54, 1.807) is 12.1 Å². The van der Waals surface area contributed by atoms with E-state index in [4.69, 9.17) is 0 Å². The Bertz CT molecular complexity index is 560. The van der Waals surface area contributed by atoms with Gasteiger partial charge in [-0.05, 0) is 64.6 Å². The molecule has 23 heavy (non-hydrogen) atoms. The molecular formula is C19H27FN2O. The number of carbonyl (C=O) groups is 1. The van der Waals surface area contributed by atoms with Crippen LogP contribution in [0.5, 0.6) is 0 Å². The maximum Gasteiger partial charge on any atom is 0.230 e. The first-order valence-electron chi connectivity index (χ1n) is 8.80. The van der Waals surface area contributed by atoms with Gasteiger partial charge in [0.15, 0.2) is 0 Å². The van der Waals surface area contributed by atoms with E-state index in [1.165, 1.54) is 6.07 Å². The van der Waals surface area contributed by atoms with E-state index in [-0.39, 0.29) is 11.7 Å². The molecule has 1 aromatic rings. The highest BCUT2D eigenvalue weighted by Gasteiger charge is 2.52. The summed E-state index contributed by atoms with van der Waals surface area (Å²) in [6.07, 6.45) is 3.77. The second-order valence-electron chi connectivity index (χ2n) is 7.35. The van der Waals surface area contributed by atoms with Gasteiger partial charge in [0, 0.05) is 18.2 Å². The fourth-order valence-corrected chi connectivity index (χ4v) is 3.67. The lowest BCUT2D eigenvalue weighted by atomic mass is 9.92. The van der Waals surface area contributed by atoms with Crippen LogP contribution in [0.4, 0.5) is 4.39 Å². The number of halogens is 1. The van der Waals surface area contributed by atoms with Gasteiger partial charge in [0.2, 0.25) is 5.91 Å². The number of amides is 1. The van der Waals surface area contributed by atoms with Crippen LogP contribution in [0.1, 0.15) is 45.1 Å². The van der Waals surface area contributed by atoms with Crippen LogP contribution in [0.2, 0.25) is 0 Å². The Morgan fingerprint density at radius 3 is 2.52 bits per heavy atom. The number of carbonyl (C=O) groups excluding carboxylic acids is 1.